The molecule has 0 aliphatic carbocycles. The van der Waals surface area contributed by atoms with Gasteiger partial charge in [0.05, 0.1) is 6.61 Å². The smallest absolute Gasteiger partial charge is 0.122 e. The van der Waals surface area contributed by atoms with E-state index < -0.39 is 0 Å². The summed E-state index contributed by atoms with van der Waals surface area (Å²) in [6.07, 6.45) is 2.11. The SMILES string of the molecule is CC(NCCc1ccc2c(c1)CCO2)c1ccccc1. The van der Waals surface area contributed by atoms with Crippen LogP contribution in [0.4, 0.5) is 0 Å². The number of hydrogen-bond donors (Lipinski definition) is 1. The van der Waals surface area contributed by atoms with Crippen LogP contribution in [0.3, 0.4) is 0 Å². The number of hydrogen-bond acceptors (Lipinski definition) is 2. The van der Waals surface area contributed by atoms with Gasteiger partial charge in [-0.1, -0.05) is 42.5 Å². The highest BCUT2D eigenvalue weighted by atomic mass is 16.5. The fourth-order valence-electron chi connectivity index (χ4n) is 2.69. The molecule has 1 unspecified atom stereocenters. The Kier molecular flexibility index (Phi) is 4.03. The Morgan fingerprint density at radius 3 is 2.85 bits per heavy atom. The van der Waals surface area contributed by atoms with Crippen molar-refractivity contribution in [2.45, 2.75) is 25.8 Å². The molecule has 0 bridgehead atoms. The van der Waals surface area contributed by atoms with E-state index in [9.17, 15) is 0 Å². The van der Waals surface area contributed by atoms with Crippen molar-refractivity contribution < 1.29 is 4.74 Å². The number of rotatable bonds is 5. The number of fused-ring (bicyclic) bond motifs is 1. The molecular formula is C18H21NO. The van der Waals surface area contributed by atoms with Crippen molar-refractivity contribution in [2.75, 3.05) is 13.2 Å². The van der Waals surface area contributed by atoms with Crippen LogP contribution in [0.5, 0.6) is 5.75 Å². The molecule has 2 aromatic rings. The summed E-state index contributed by atoms with van der Waals surface area (Å²) >= 11 is 0. The Labute approximate surface area is 120 Å². The average molecular weight is 267 g/mol. The molecule has 1 N–H and O–H groups in total. The Morgan fingerprint density at radius 2 is 2.00 bits per heavy atom. The van der Waals surface area contributed by atoms with Gasteiger partial charge >= 0.3 is 0 Å². The minimum absolute atomic E-state index is 0.397. The van der Waals surface area contributed by atoms with Crippen molar-refractivity contribution in [3.8, 4) is 5.75 Å². The van der Waals surface area contributed by atoms with Gasteiger partial charge in [-0.15, -0.1) is 0 Å². The molecule has 0 spiro atoms. The highest BCUT2D eigenvalue weighted by molar-refractivity contribution is 5.39. The summed E-state index contributed by atoms with van der Waals surface area (Å²) in [5.41, 5.74) is 4.09. The zero-order chi connectivity index (χ0) is 13.8. The number of benzene rings is 2. The molecule has 2 heteroatoms. The fraction of sp³-hybridized carbons (Fsp3) is 0.333. The molecule has 0 saturated heterocycles. The van der Waals surface area contributed by atoms with Crippen LogP contribution in [0, 0.1) is 0 Å². The predicted molar refractivity (Wildman–Crippen MR) is 82.2 cm³/mol. The van der Waals surface area contributed by atoms with Crippen molar-refractivity contribution in [1.29, 1.82) is 0 Å². The molecule has 2 aromatic carbocycles. The molecular weight excluding hydrogens is 246 g/mol. The van der Waals surface area contributed by atoms with Gasteiger partial charge in [0, 0.05) is 12.5 Å². The van der Waals surface area contributed by atoms with Gasteiger partial charge in [-0.3, -0.25) is 0 Å². The van der Waals surface area contributed by atoms with Gasteiger partial charge in [-0.2, -0.15) is 0 Å². The zero-order valence-electron chi connectivity index (χ0n) is 11.9. The monoisotopic (exact) mass is 267 g/mol. The topological polar surface area (TPSA) is 21.3 Å². The van der Waals surface area contributed by atoms with E-state index in [0.29, 0.717) is 6.04 Å². The first-order chi connectivity index (χ1) is 9.83. The van der Waals surface area contributed by atoms with Crippen LogP contribution in [0.2, 0.25) is 0 Å². The molecule has 1 heterocycles. The van der Waals surface area contributed by atoms with Crippen molar-refractivity contribution in [3.05, 3.63) is 65.2 Å². The lowest BCUT2D eigenvalue weighted by Gasteiger charge is -2.14. The molecule has 1 atom stereocenters. The second-order valence-corrected chi connectivity index (χ2v) is 5.38. The van der Waals surface area contributed by atoms with E-state index in [4.69, 9.17) is 4.74 Å². The first-order valence-electron chi connectivity index (χ1n) is 7.36. The van der Waals surface area contributed by atoms with Crippen molar-refractivity contribution >= 4 is 0 Å². The third-order valence-electron chi connectivity index (χ3n) is 3.92. The fourth-order valence-corrected chi connectivity index (χ4v) is 2.69. The highest BCUT2D eigenvalue weighted by Gasteiger charge is 2.11. The lowest BCUT2D eigenvalue weighted by atomic mass is 10.1. The molecule has 0 aromatic heterocycles. The van der Waals surface area contributed by atoms with E-state index in [1.165, 1.54) is 16.7 Å². The van der Waals surface area contributed by atoms with Crippen LogP contribution in [0.1, 0.15) is 29.7 Å². The standard InChI is InChI=1S/C18H21NO/c1-14(16-5-3-2-4-6-16)19-11-9-15-7-8-18-17(13-15)10-12-20-18/h2-8,13-14,19H,9-12H2,1H3. The molecule has 3 rings (SSSR count). The van der Waals surface area contributed by atoms with Gasteiger partial charge in [0.15, 0.2) is 0 Å². The minimum Gasteiger partial charge on any atom is -0.493 e. The Bertz CT molecular complexity index is 565. The van der Waals surface area contributed by atoms with Crippen LogP contribution in [0.25, 0.3) is 0 Å². The molecule has 0 fully saturated rings. The maximum absolute atomic E-state index is 5.54. The molecule has 1 aliphatic rings. The Balaban J connectivity index is 1.53. The summed E-state index contributed by atoms with van der Waals surface area (Å²) in [7, 11) is 0. The minimum atomic E-state index is 0.397. The third kappa shape index (κ3) is 3.02. The number of ether oxygens (including phenoxy) is 1. The van der Waals surface area contributed by atoms with Crippen LogP contribution in [-0.4, -0.2) is 13.2 Å². The maximum Gasteiger partial charge on any atom is 0.122 e. The summed E-state index contributed by atoms with van der Waals surface area (Å²) in [5, 5.41) is 3.58. The lowest BCUT2D eigenvalue weighted by molar-refractivity contribution is 0.357. The third-order valence-corrected chi connectivity index (χ3v) is 3.92. The second kappa shape index (κ2) is 6.10. The second-order valence-electron chi connectivity index (χ2n) is 5.38. The van der Waals surface area contributed by atoms with Crippen molar-refractivity contribution in [3.63, 3.8) is 0 Å². The summed E-state index contributed by atoms with van der Waals surface area (Å²) < 4.78 is 5.54. The van der Waals surface area contributed by atoms with Crippen LogP contribution in [0.15, 0.2) is 48.5 Å². The molecule has 2 nitrogen and oxygen atoms in total. The van der Waals surface area contributed by atoms with E-state index >= 15 is 0 Å². The quantitative estimate of drug-likeness (QED) is 0.895. The zero-order valence-corrected chi connectivity index (χ0v) is 11.9. The van der Waals surface area contributed by atoms with Crippen molar-refractivity contribution in [2.24, 2.45) is 0 Å². The first kappa shape index (κ1) is 13.2. The van der Waals surface area contributed by atoms with Gasteiger partial charge in [-0.05, 0) is 42.6 Å². The van der Waals surface area contributed by atoms with Crippen molar-refractivity contribution in [1.82, 2.24) is 5.32 Å². The summed E-state index contributed by atoms with van der Waals surface area (Å²) in [6.45, 7) is 4.05. The average Bonchev–Trinajstić information content (AvgIpc) is 2.95. The summed E-state index contributed by atoms with van der Waals surface area (Å²) in [6, 6.07) is 17.6. The van der Waals surface area contributed by atoms with Gasteiger partial charge in [-0.25, -0.2) is 0 Å². The molecule has 0 saturated carbocycles. The van der Waals surface area contributed by atoms with E-state index in [-0.39, 0.29) is 0 Å². The summed E-state index contributed by atoms with van der Waals surface area (Å²) in [4.78, 5) is 0. The maximum atomic E-state index is 5.54. The molecule has 0 radical (unpaired) electrons. The molecule has 1 aliphatic heterocycles. The summed E-state index contributed by atoms with van der Waals surface area (Å²) in [5.74, 6) is 1.07. The van der Waals surface area contributed by atoms with Gasteiger partial charge in [0.2, 0.25) is 0 Å². The van der Waals surface area contributed by atoms with Gasteiger partial charge in [0.25, 0.3) is 0 Å². The van der Waals surface area contributed by atoms with Crippen LogP contribution < -0.4 is 10.1 Å². The van der Waals surface area contributed by atoms with E-state index in [0.717, 1.165) is 31.7 Å². The van der Waals surface area contributed by atoms with Crippen LogP contribution in [-0.2, 0) is 12.8 Å². The molecule has 0 amide bonds. The van der Waals surface area contributed by atoms with E-state index in [1.54, 1.807) is 0 Å². The normalized spacial score (nSPS) is 14.7. The van der Waals surface area contributed by atoms with E-state index in [2.05, 4.69) is 60.8 Å². The predicted octanol–water partition coefficient (Wildman–Crippen LogP) is 3.51. The largest absolute Gasteiger partial charge is 0.493 e. The Morgan fingerprint density at radius 1 is 1.15 bits per heavy atom. The van der Waals surface area contributed by atoms with E-state index in [1.807, 2.05) is 0 Å². The highest BCUT2D eigenvalue weighted by Crippen LogP contribution is 2.25. The number of nitrogens with one attached hydrogen (secondary N) is 1. The first-order valence-corrected chi connectivity index (χ1v) is 7.36. The Hall–Kier alpha value is -1.80. The van der Waals surface area contributed by atoms with Gasteiger partial charge in [0.1, 0.15) is 5.75 Å². The lowest BCUT2D eigenvalue weighted by Crippen LogP contribution is -2.21. The molecule has 104 valence electrons. The van der Waals surface area contributed by atoms with Gasteiger partial charge < -0.3 is 10.1 Å². The molecule has 20 heavy (non-hydrogen) atoms. The van der Waals surface area contributed by atoms with Crippen LogP contribution >= 0.6 is 0 Å².